The summed E-state index contributed by atoms with van der Waals surface area (Å²) >= 11 is 0. The summed E-state index contributed by atoms with van der Waals surface area (Å²) in [7, 11) is -3.08. The number of halogens is 1. The van der Waals surface area contributed by atoms with Crippen LogP contribution in [0.5, 0.6) is 0 Å². The largest absolute Gasteiger partial charge is 0.316 e. The van der Waals surface area contributed by atoms with Crippen LogP contribution in [0.15, 0.2) is 12.7 Å². The maximum absolute atomic E-state index is 11.4. The van der Waals surface area contributed by atoms with E-state index >= 15 is 0 Å². The van der Waals surface area contributed by atoms with E-state index in [4.69, 9.17) is 0 Å². The molecule has 0 aliphatic carbocycles. The van der Waals surface area contributed by atoms with Crippen LogP contribution in [-0.2, 0) is 10.0 Å². The number of sulfonamides is 1. The Morgan fingerprint density at radius 3 is 2.81 bits per heavy atom. The van der Waals surface area contributed by atoms with Gasteiger partial charge in [-0.1, -0.05) is 6.08 Å². The summed E-state index contributed by atoms with van der Waals surface area (Å²) in [5.74, 6) is 0.784. The molecule has 1 rings (SSSR count). The summed E-state index contributed by atoms with van der Waals surface area (Å²) in [6.45, 7) is 6.15. The van der Waals surface area contributed by atoms with Crippen LogP contribution in [0.3, 0.4) is 0 Å². The van der Waals surface area contributed by atoms with Gasteiger partial charge >= 0.3 is 0 Å². The molecule has 1 saturated heterocycles. The van der Waals surface area contributed by atoms with Crippen LogP contribution in [0.2, 0.25) is 0 Å². The SMILES string of the molecule is C=CCCS(=O)(=O)NCCC1CCNC1.Cl. The van der Waals surface area contributed by atoms with Crippen molar-refractivity contribution in [2.75, 3.05) is 25.4 Å². The zero-order valence-corrected chi connectivity index (χ0v) is 11.1. The lowest BCUT2D eigenvalue weighted by molar-refractivity contribution is 0.519. The van der Waals surface area contributed by atoms with E-state index in [-0.39, 0.29) is 18.2 Å². The van der Waals surface area contributed by atoms with Crippen molar-refractivity contribution in [3.05, 3.63) is 12.7 Å². The molecule has 0 aromatic rings. The Hall–Kier alpha value is -0.100. The third kappa shape index (κ3) is 6.48. The topological polar surface area (TPSA) is 58.2 Å². The van der Waals surface area contributed by atoms with E-state index in [1.54, 1.807) is 6.08 Å². The molecule has 0 radical (unpaired) electrons. The summed E-state index contributed by atoms with van der Waals surface area (Å²) in [5.41, 5.74) is 0. The van der Waals surface area contributed by atoms with Crippen LogP contribution < -0.4 is 10.0 Å². The Kier molecular flexibility index (Phi) is 8.01. The molecule has 1 heterocycles. The summed E-state index contributed by atoms with van der Waals surface area (Å²) in [5, 5.41) is 3.26. The van der Waals surface area contributed by atoms with Gasteiger partial charge in [0, 0.05) is 6.54 Å². The predicted octanol–water partition coefficient (Wildman–Crippen LogP) is 0.903. The minimum atomic E-state index is -3.08. The van der Waals surface area contributed by atoms with Crippen molar-refractivity contribution in [3.8, 4) is 0 Å². The van der Waals surface area contributed by atoms with E-state index in [1.165, 1.54) is 0 Å². The Morgan fingerprint density at radius 1 is 1.50 bits per heavy atom. The molecule has 2 N–H and O–H groups in total. The van der Waals surface area contributed by atoms with Gasteiger partial charge < -0.3 is 5.32 Å². The first-order valence-corrected chi connectivity index (χ1v) is 7.08. The van der Waals surface area contributed by atoms with Gasteiger partial charge in [0.1, 0.15) is 0 Å². The first-order valence-electron chi connectivity index (χ1n) is 5.43. The third-order valence-electron chi connectivity index (χ3n) is 2.63. The normalized spacial score (nSPS) is 20.4. The fourth-order valence-corrected chi connectivity index (χ4v) is 2.74. The molecule has 0 aromatic heterocycles. The second-order valence-corrected chi connectivity index (χ2v) is 5.86. The molecule has 1 aliphatic rings. The van der Waals surface area contributed by atoms with E-state index < -0.39 is 10.0 Å². The van der Waals surface area contributed by atoms with Gasteiger partial charge in [-0.05, 0) is 38.3 Å². The molecule has 4 nitrogen and oxygen atoms in total. The lowest BCUT2D eigenvalue weighted by Crippen LogP contribution is -2.28. The number of rotatable bonds is 7. The van der Waals surface area contributed by atoms with Crippen LogP contribution in [-0.4, -0.2) is 33.8 Å². The predicted molar refractivity (Wildman–Crippen MR) is 69.4 cm³/mol. The van der Waals surface area contributed by atoms with Crippen LogP contribution in [0.1, 0.15) is 19.3 Å². The minimum Gasteiger partial charge on any atom is -0.316 e. The molecule has 0 bridgehead atoms. The second-order valence-electron chi connectivity index (χ2n) is 3.94. The summed E-state index contributed by atoms with van der Waals surface area (Å²) in [6, 6.07) is 0. The molecular formula is C10H21ClN2O2S. The molecule has 1 unspecified atom stereocenters. The average Bonchev–Trinajstić information content (AvgIpc) is 2.67. The smallest absolute Gasteiger partial charge is 0.211 e. The summed E-state index contributed by atoms with van der Waals surface area (Å²) in [4.78, 5) is 0. The number of hydrogen-bond acceptors (Lipinski definition) is 3. The molecule has 16 heavy (non-hydrogen) atoms. The Balaban J connectivity index is 0.00000225. The molecule has 0 saturated carbocycles. The first kappa shape index (κ1) is 15.9. The Morgan fingerprint density at radius 2 is 2.25 bits per heavy atom. The second kappa shape index (κ2) is 8.06. The van der Waals surface area contributed by atoms with Gasteiger partial charge in [-0.25, -0.2) is 13.1 Å². The molecule has 0 amide bonds. The highest BCUT2D eigenvalue weighted by molar-refractivity contribution is 7.89. The van der Waals surface area contributed by atoms with E-state index in [1.807, 2.05) is 0 Å². The number of allylic oxidation sites excluding steroid dienone is 1. The van der Waals surface area contributed by atoms with Gasteiger partial charge in [-0.15, -0.1) is 19.0 Å². The molecule has 6 heteroatoms. The van der Waals surface area contributed by atoms with Gasteiger partial charge in [-0.2, -0.15) is 0 Å². The highest BCUT2D eigenvalue weighted by atomic mass is 35.5. The third-order valence-corrected chi connectivity index (χ3v) is 4.04. The van der Waals surface area contributed by atoms with Crippen LogP contribution >= 0.6 is 12.4 Å². The average molecular weight is 269 g/mol. The lowest BCUT2D eigenvalue weighted by atomic mass is 10.1. The van der Waals surface area contributed by atoms with E-state index in [9.17, 15) is 8.42 Å². The molecule has 1 atom stereocenters. The van der Waals surface area contributed by atoms with Crippen molar-refractivity contribution < 1.29 is 8.42 Å². The monoisotopic (exact) mass is 268 g/mol. The highest BCUT2D eigenvalue weighted by Crippen LogP contribution is 2.10. The number of nitrogens with one attached hydrogen (secondary N) is 2. The van der Waals surface area contributed by atoms with Crippen molar-refractivity contribution in [1.29, 1.82) is 0 Å². The van der Waals surface area contributed by atoms with E-state index in [0.717, 1.165) is 25.9 Å². The zero-order valence-electron chi connectivity index (χ0n) is 9.44. The molecular weight excluding hydrogens is 248 g/mol. The zero-order chi connectivity index (χ0) is 11.1. The van der Waals surface area contributed by atoms with Gasteiger partial charge in [0.05, 0.1) is 5.75 Å². The van der Waals surface area contributed by atoms with Gasteiger partial charge in [0.2, 0.25) is 10.0 Å². The van der Waals surface area contributed by atoms with Gasteiger partial charge in [0.25, 0.3) is 0 Å². The molecule has 1 aliphatic heterocycles. The molecule has 0 spiro atoms. The molecule has 96 valence electrons. The lowest BCUT2D eigenvalue weighted by Gasteiger charge is -2.09. The van der Waals surface area contributed by atoms with Crippen LogP contribution in [0, 0.1) is 5.92 Å². The van der Waals surface area contributed by atoms with Crippen molar-refractivity contribution in [1.82, 2.24) is 10.0 Å². The fourth-order valence-electron chi connectivity index (χ4n) is 1.69. The van der Waals surface area contributed by atoms with Crippen molar-refractivity contribution >= 4 is 22.4 Å². The molecule has 1 fully saturated rings. The van der Waals surface area contributed by atoms with Crippen molar-refractivity contribution in [2.45, 2.75) is 19.3 Å². The Bertz CT molecular complexity index is 287. The maximum atomic E-state index is 11.4. The van der Waals surface area contributed by atoms with Crippen molar-refractivity contribution in [3.63, 3.8) is 0 Å². The summed E-state index contributed by atoms with van der Waals surface area (Å²) < 4.78 is 25.4. The highest BCUT2D eigenvalue weighted by Gasteiger charge is 2.15. The van der Waals surface area contributed by atoms with Crippen molar-refractivity contribution in [2.24, 2.45) is 5.92 Å². The van der Waals surface area contributed by atoms with Crippen LogP contribution in [0.25, 0.3) is 0 Å². The quantitative estimate of drug-likeness (QED) is 0.675. The molecule has 0 aromatic carbocycles. The van der Waals surface area contributed by atoms with Gasteiger partial charge in [0.15, 0.2) is 0 Å². The summed E-state index contributed by atoms with van der Waals surface area (Å²) in [6.07, 6.45) is 4.23. The first-order chi connectivity index (χ1) is 7.14. The minimum absolute atomic E-state index is 0. The number of hydrogen-bond donors (Lipinski definition) is 2. The fraction of sp³-hybridized carbons (Fsp3) is 0.800. The van der Waals surface area contributed by atoms with E-state index in [0.29, 0.717) is 18.9 Å². The van der Waals surface area contributed by atoms with Crippen LogP contribution in [0.4, 0.5) is 0 Å². The van der Waals surface area contributed by atoms with E-state index in [2.05, 4.69) is 16.6 Å². The van der Waals surface area contributed by atoms with Gasteiger partial charge in [-0.3, -0.25) is 0 Å². The maximum Gasteiger partial charge on any atom is 0.211 e. The standard InChI is InChI=1S/C10H20N2O2S.ClH/c1-2-3-8-15(13,14)12-7-5-10-4-6-11-9-10;/h2,10-12H,1,3-9H2;1H. The Labute approximate surface area is 104 Å².